The molecule has 2 unspecified atom stereocenters. The summed E-state index contributed by atoms with van der Waals surface area (Å²) in [5, 5.41) is 26.2. The van der Waals surface area contributed by atoms with Gasteiger partial charge in [0.1, 0.15) is 28.2 Å². The lowest BCUT2D eigenvalue weighted by molar-refractivity contribution is 0.0717. The van der Waals surface area contributed by atoms with E-state index in [1.54, 1.807) is 0 Å². The number of benzene rings is 2. The smallest absolute Gasteiger partial charge is 0.147 e. The zero-order valence-corrected chi connectivity index (χ0v) is 23.5. The van der Waals surface area contributed by atoms with E-state index in [1.807, 2.05) is 0 Å². The van der Waals surface area contributed by atoms with Crippen molar-refractivity contribution in [2.24, 2.45) is 5.41 Å². The minimum Gasteiger partial charge on any atom is -0.505 e. The Morgan fingerprint density at radius 1 is 0.865 bits per heavy atom. The Labute approximate surface area is 218 Å². The Bertz CT molecular complexity index is 1700. The molecular weight excluding hydrogens is 460 g/mol. The highest BCUT2D eigenvalue weighted by Gasteiger charge is 2.60. The van der Waals surface area contributed by atoms with Crippen LogP contribution in [0.15, 0.2) is 18.2 Å². The summed E-state index contributed by atoms with van der Waals surface area (Å²) < 4.78 is 8.35. The van der Waals surface area contributed by atoms with E-state index < -0.39 is 0 Å². The topological polar surface area (TPSA) is 67.0 Å². The molecule has 2 N–H and O–H groups in total. The molecule has 1 saturated heterocycles. The van der Waals surface area contributed by atoms with E-state index in [2.05, 4.69) is 84.9 Å². The highest BCUT2D eigenvalue weighted by molar-refractivity contribution is 6.03. The second kappa shape index (κ2) is 6.43. The van der Waals surface area contributed by atoms with Gasteiger partial charge in [-0.1, -0.05) is 62.3 Å². The molecule has 7 rings (SSSR count). The van der Waals surface area contributed by atoms with Gasteiger partial charge in [0, 0.05) is 27.6 Å². The third-order valence-corrected chi connectivity index (χ3v) is 10.9. The van der Waals surface area contributed by atoms with E-state index in [9.17, 15) is 10.2 Å². The van der Waals surface area contributed by atoms with E-state index >= 15 is 0 Å². The molecule has 0 saturated carbocycles. The molecule has 4 aromatic rings. The van der Waals surface area contributed by atoms with Crippen LogP contribution in [-0.4, -0.2) is 19.6 Å². The Morgan fingerprint density at radius 3 is 2.03 bits per heavy atom. The van der Waals surface area contributed by atoms with Crippen LogP contribution in [0.2, 0.25) is 0 Å². The molecule has 0 amide bonds. The lowest BCUT2D eigenvalue weighted by atomic mass is 9.59. The van der Waals surface area contributed by atoms with Crippen LogP contribution in [0.3, 0.4) is 0 Å². The summed E-state index contributed by atoms with van der Waals surface area (Å²) in [5.74, 6) is 0.444. The summed E-state index contributed by atoms with van der Waals surface area (Å²) in [4.78, 5) is 5.12. The van der Waals surface area contributed by atoms with Crippen molar-refractivity contribution in [1.29, 1.82) is 0 Å². The van der Waals surface area contributed by atoms with E-state index in [-0.39, 0.29) is 45.4 Å². The number of phenolic OH excluding ortho intramolecular Hbond substituents is 2. The molecule has 2 atom stereocenters. The van der Waals surface area contributed by atoms with Gasteiger partial charge in [0.05, 0.1) is 12.2 Å². The van der Waals surface area contributed by atoms with Gasteiger partial charge < -0.3 is 14.9 Å². The summed E-state index contributed by atoms with van der Waals surface area (Å²) >= 11 is 0. The predicted molar refractivity (Wildman–Crippen MR) is 148 cm³/mol. The molecule has 1 fully saturated rings. The number of aromatic hydroxyl groups is 2. The fraction of sp³-hybridized carbons (Fsp3) is 0.531. The van der Waals surface area contributed by atoms with E-state index in [0.29, 0.717) is 11.0 Å². The first kappa shape index (κ1) is 23.3. The van der Waals surface area contributed by atoms with Crippen molar-refractivity contribution in [2.75, 3.05) is 0 Å². The van der Waals surface area contributed by atoms with Gasteiger partial charge in [0.15, 0.2) is 0 Å². The number of aromatic nitrogens is 2. The molecule has 2 aromatic heterocycles. The Kier molecular flexibility index (Phi) is 4.05. The number of rotatable bonds is 0. The van der Waals surface area contributed by atoms with Gasteiger partial charge in [-0.2, -0.15) is 0 Å². The molecule has 0 radical (unpaired) electrons. The van der Waals surface area contributed by atoms with Crippen LogP contribution in [0, 0.1) is 5.41 Å². The molecule has 37 heavy (non-hydrogen) atoms. The van der Waals surface area contributed by atoms with Crippen molar-refractivity contribution < 1.29 is 14.9 Å². The van der Waals surface area contributed by atoms with Crippen LogP contribution in [0.1, 0.15) is 115 Å². The molecule has 0 spiro atoms. The van der Waals surface area contributed by atoms with Gasteiger partial charge >= 0.3 is 0 Å². The molecule has 194 valence electrons. The Hall–Kier alpha value is -2.79. The average molecular weight is 499 g/mol. The number of hydrogen-bond donors (Lipinski definition) is 2. The summed E-state index contributed by atoms with van der Waals surface area (Å²) in [6.45, 7) is 19.8. The number of fused-ring (bicyclic) bond motifs is 11. The van der Waals surface area contributed by atoms with Crippen molar-refractivity contribution in [3.8, 4) is 11.5 Å². The quantitative estimate of drug-likeness (QED) is 0.242. The maximum Gasteiger partial charge on any atom is 0.147 e. The molecule has 3 aliphatic rings. The van der Waals surface area contributed by atoms with Gasteiger partial charge in [-0.25, -0.2) is 4.98 Å². The van der Waals surface area contributed by atoms with E-state index in [4.69, 9.17) is 9.72 Å². The van der Waals surface area contributed by atoms with E-state index in [1.165, 1.54) is 11.1 Å². The van der Waals surface area contributed by atoms with Crippen molar-refractivity contribution in [3.05, 3.63) is 46.1 Å². The average Bonchev–Trinajstić information content (AvgIpc) is 3.53. The van der Waals surface area contributed by atoms with Gasteiger partial charge in [-0.3, -0.25) is 4.40 Å². The van der Waals surface area contributed by atoms with Crippen LogP contribution in [-0.2, 0) is 21.0 Å². The lowest BCUT2D eigenvalue weighted by Crippen LogP contribution is -2.42. The Balaban J connectivity index is 1.69. The first-order valence-electron chi connectivity index (χ1n) is 13.7. The number of phenols is 2. The lowest BCUT2D eigenvalue weighted by Gasteiger charge is -2.44. The molecule has 2 aliphatic heterocycles. The van der Waals surface area contributed by atoms with Crippen LogP contribution < -0.4 is 0 Å². The van der Waals surface area contributed by atoms with Crippen LogP contribution in [0.25, 0.3) is 27.5 Å². The fourth-order valence-electron chi connectivity index (χ4n) is 7.70. The SMILES string of the molecule is CC(C)(C)c1cc2cc3c(cc2c2nc4c(O)c5c(c(O)c4n12)C(C)(C)C(C)(C)C5(C)C)C1CCC3O1. The van der Waals surface area contributed by atoms with Crippen LogP contribution in [0.5, 0.6) is 11.5 Å². The van der Waals surface area contributed by atoms with Gasteiger partial charge in [0.2, 0.25) is 0 Å². The highest BCUT2D eigenvalue weighted by atomic mass is 16.5. The zero-order valence-electron chi connectivity index (χ0n) is 23.5. The second-order valence-corrected chi connectivity index (χ2v) is 14.3. The molecule has 5 nitrogen and oxygen atoms in total. The predicted octanol–water partition coefficient (Wildman–Crippen LogP) is 7.85. The van der Waals surface area contributed by atoms with Crippen molar-refractivity contribution >= 4 is 27.5 Å². The molecule has 4 heterocycles. The highest BCUT2D eigenvalue weighted by Crippen LogP contribution is 2.67. The summed E-state index contributed by atoms with van der Waals surface area (Å²) in [5.41, 5.74) is 6.04. The van der Waals surface area contributed by atoms with Crippen LogP contribution >= 0.6 is 0 Å². The summed E-state index contributed by atoms with van der Waals surface area (Å²) in [7, 11) is 0. The largest absolute Gasteiger partial charge is 0.505 e. The second-order valence-electron chi connectivity index (χ2n) is 14.3. The number of imidazole rings is 1. The van der Waals surface area contributed by atoms with Crippen LogP contribution in [0.4, 0.5) is 0 Å². The van der Waals surface area contributed by atoms with Gasteiger partial charge in [0.25, 0.3) is 0 Å². The first-order chi connectivity index (χ1) is 17.1. The standard InChI is InChI=1S/C32H38N2O3/c1-29(2,3)21-13-15-12-17-18(20-11-10-19(17)37-20)14-16(15)28-33-24-25(34(21)28)27(36)23-22(26(24)35)30(4,5)32(8,9)31(23,6)7/h12-14,19-20,35-36H,10-11H2,1-9H3. The minimum absolute atomic E-state index is 0.158. The normalized spacial score (nSPS) is 24.9. The van der Waals surface area contributed by atoms with E-state index in [0.717, 1.165) is 46.1 Å². The molecule has 2 bridgehead atoms. The summed E-state index contributed by atoms with van der Waals surface area (Å²) in [6.07, 6.45) is 2.50. The third-order valence-electron chi connectivity index (χ3n) is 10.9. The molecule has 1 aliphatic carbocycles. The Morgan fingerprint density at radius 2 is 1.43 bits per heavy atom. The summed E-state index contributed by atoms with van der Waals surface area (Å²) in [6, 6.07) is 6.79. The zero-order chi connectivity index (χ0) is 26.6. The van der Waals surface area contributed by atoms with Gasteiger partial charge in [-0.05, 0) is 63.8 Å². The maximum absolute atomic E-state index is 12.1. The number of nitrogens with zero attached hydrogens (tertiary/aromatic N) is 2. The minimum atomic E-state index is -0.359. The van der Waals surface area contributed by atoms with Crippen molar-refractivity contribution in [2.45, 2.75) is 104 Å². The van der Waals surface area contributed by atoms with Crippen molar-refractivity contribution in [3.63, 3.8) is 0 Å². The number of pyridine rings is 1. The number of hydrogen-bond acceptors (Lipinski definition) is 4. The monoisotopic (exact) mass is 498 g/mol. The van der Waals surface area contributed by atoms with Crippen molar-refractivity contribution in [1.82, 2.24) is 9.38 Å². The van der Waals surface area contributed by atoms with Gasteiger partial charge in [-0.15, -0.1) is 0 Å². The molecule has 5 heteroatoms. The first-order valence-corrected chi connectivity index (χ1v) is 13.7. The molecular formula is C32H38N2O3. The molecule has 2 aromatic carbocycles. The fourth-order valence-corrected chi connectivity index (χ4v) is 7.70. The maximum atomic E-state index is 12.1. The third kappa shape index (κ3) is 2.48. The number of ether oxygens (including phenoxy) is 1.